The largest absolute Gasteiger partial charge is 0.497 e. The highest BCUT2D eigenvalue weighted by Gasteiger charge is 2.27. The highest BCUT2D eigenvalue weighted by molar-refractivity contribution is 5.74. The number of amides is 2. The fourth-order valence-corrected chi connectivity index (χ4v) is 2.78. The van der Waals surface area contributed by atoms with Crippen LogP contribution in [-0.4, -0.2) is 48.4 Å². The highest BCUT2D eigenvalue weighted by atomic mass is 16.5. The van der Waals surface area contributed by atoms with Crippen LogP contribution in [0.25, 0.3) is 0 Å². The van der Waals surface area contributed by atoms with Crippen LogP contribution in [0.2, 0.25) is 0 Å². The maximum absolute atomic E-state index is 12.2. The molecule has 1 heterocycles. The Labute approximate surface area is 138 Å². The number of piperidine rings is 1. The molecule has 2 N–H and O–H groups in total. The van der Waals surface area contributed by atoms with E-state index in [2.05, 4.69) is 17.4 Å². The number of rotatable bonds is 5. The summed E-state index contributed by atoms with van der Waals surface area (Å²) >= 11 is 0. The second-order valence-electron chi connectivity index (χ2n) is 6.52. The van der Waals surface area contributed by atoms with Gasteiger partial charge >= 0.3 is 6.03 Å². The van der Waals surface area contributed by atoms with Crippen molar-refractivity contribution in [2.45, 2.75) is 45.3 Å². The molecule has 5 nitrogen and oxygen atoms in total. The highest BCUT2D eigenvalue weighted by Crippen LogP contribution is 2.17. The van der Waals surface area contributed by atoms with Crippen molar-refractivity contribution >= 4 is 6.03 Å². The van der Waals surface area contributed by atoms with Crippen LogP contribution in [0, 0.1) is 5.92 Å². The molecule has 5 heteroatoms. The number of nitrogens with zero attached hydrogens (tertiary/aromatic N) is 1. The van der Waals surface area contributed by atoms with Gasteiger partial charge in [0, 0.05) is 19.1 Å². The van der Waals surface area contributed by atoms with Crippen molar-refractivity contribution in [3.8, 4) is 5.75 Å². The van der Waals surface area contributed by atoms with E-state index >= 15 is 0 Å². The first-order valence-electron chi connectivity index (χ1n) is 8.36. The summed E-state index contributed by atoms with van der Waals surface area (Å²) in [7, 11) is 1.66. The Morgan fingerprint density at radius 2 is 2.13 bits per heavy atom. The molecule has 1 fully saturated rings. The number of aliphatic hydroxyl groups excluding tert-OH is 1. The summed E-state index contributed by atoms with van der Waals surface area (Å²) in [5.74, 6) is 1.12. The second-order valence-corrected chi connectivity index (χ2v) is 6.52. The van der Waals surface area contributed by atoms with Crippen LogP contribution in [0.1, 0.15) is 32.3 Å². The molecule has 3 unspecified atom stereocenters. The summed E-state index contributed by atoms with van der Waals surface area (Å²) in [5.41, 5.74) is 1.23. The van der Waals surface area contributed by atoms with Gasteiger partial charge in [0.25, 0.3) is 0 Å². The van der Waals surface area contributed by atoms with Crippen LogP contribution in [0.3, 0.4) is 0 Å². The SMILES string of the molecule is COc1ccc(CCC(C)NC(=O)N2CCC(C)C(O)C2)cc1. The molecule has 3 atom stereocenters. The molecule has 1 aliphatic heterocycles. The van der Waals surface area contributed by atoms with Gasteiger partial charge in [-0.2, -0.15) is 0 Å². The molecular weight excluding hydrogens is 292 g/mol. The van der Waals surface area contributed by atoms with E-state index in [0.717, 1.165) is 31.6 Å². The molecule has 1 aromatic carbocycles. The number of hydrogen-bond donors (Lipinski definition) is 2. The normalized spacial score (nSPS) is 22.5. The minimum atomic E-state index is -0.413. The van der Waals surface area contributed by atoms with Crippen LogP contribution < -0.4 is 10.1 Å². The smallest absolute Gasteiger partial charge is 0.317 e. The average molecular weight is 320 g/mol. The molecule has 1 aliphatic rings. The number of ether oxygens (including phenoxy) is 1. The molecule has 0 radical (unpaired) electrons. The van der Waals surface area contributed by atoms with Crippen molar-refractivity contribution in [2.75, 3.05) is 20.2 Å². The lowest BCUT2D eigenvalue weighted by atomic mass is 9.96. The maximum atomic E-state index is 12.2. The van der Waals surface area contributed by atoms with E-state index in [0.29, 0.717) is 6.54 Å². The summed E-state index contributed by atoms with van der Waals surface area (Å²) in [6.07, 6.45) is 2.23. The number of benzene rings is 1. The number of aliphatic hydroxyl groups is 1. The van der Waals surface area contributed by atoms with Gasteiger partial charge in [-0.15, -0.1) is 0 Å². The Hall–Kier alpha value is -1.75. The maximum Gasteiger partial charge on any atom is 0.317 e. The van der Waals surface area contributed by atoms with Gasteiger partial charge in [0.15, 0.2) is 0 Å². The molecule has 2 amide bonds. The first-order valence-corrected chi connectivity index (χ1v) is 8.36. The van der Waals surface area contributed by atoms with Gasteiger partial charge in [0.1, 0.15) is 5.75 Å². The summed E-state index contributed by atoms with van der Waals surface area (Å²) in [6.45, 7) is 5.19. The predicted octanol–water partition coefficient (Wildman–Crippen LogP) is 2.43. The number of β-amino-alcohol motifs (C(OH)–C–C–N with tert-alkyl or cyclic N) is 1. The molecule has 1 saturated heterocycles. The standard InChI is InChI=1S/C18H28N2O3/c1-13-10-11-20(12-17(13)21)18(22)19-14(2)4-5-15-6-8-16(23-3)9-7-15/h6-9,13-14,17,21H,4-5,10-12H2,1-3H3,(H,19,22). The molecule has 0 aromatic heterocycles. The lowest BCUT2D eigenvalue weighted by Gasteiger charge is -2.34. The zero-order chi connectivity index (χ0) is 16.8. The van der Waals surface area contributed by atoms with Crippen molar-refractivity contribution in [3.63, 3.8) is 0 Å². The number of aryl methyl sites for hydroxylation is 1. The van der Waals surface area contributed by atoms with Gasteiger partial charge in [0.05, 0.1) is 13.2 Å². The quantitative estimate of drug-likeness (QED) is 0.876. The van der Waals surface area contributed by atoms with E-state index in [1.54, 1.807) is 12.0 Å². The first-order chi connectivity index (χ1) is 11.0. The molecule has 0 bridgehead atoms. The fourth-order valence-electron chi connectivity index (χ4n) is 2.78. The number of urea groups is 1. The van der Waals surface area contributed by atoms with E-state index in [1.807, 2.05) is 26.0 Å². The summed E-state index contributed by atoms with van der Waals surface area (Å²) in [6, 6.07) is 8.04. The Morgan fingerprint density at radius 3 is 2.74 bits per heavy atom. The van der Waals surface area contributed by atoms with Crippen molar-refractivity contribution in [1.82, 2.24) is 10.2 Å². The molecular formula is C18H28N2O3. The van der Waals surface area contributed by atoms with E-state index in [1.165, 1.54) is 5.56 Å². The van der Waals surface area contributed by atoms with Crippen LogP contribution in [-0.2, 0) is 6.42 Å². The number of carbonyl (C=O) groups is 1. The zero-order valence-electron chi connectivity index (χ0n) is 14.3. The number of likely N-dealkylation sites (tertiary alicyclic amines) is 1. The molecule has 0 spiro atoms. The Bertz CT molecular complexity index is 503. The van der Waals surface area contributed by atoms with E-state index in [4.69, 9.17) is 4.74 Å². The van der Waals surface area contributed by atoms with Gasteiger partial charge in [-0.1, -0.05) is 19.1 Å². The van der Waals surface area contributed by atoms with Crippen LogP contribution in [0.4, 0.5) is 4.79 Å². The minimum absolute atomic E-state index is 0.0711. The monoisotopic (exact) mass is 320 g/mol. The van der Waals surface area contributed by atoms with Gasteiger partial charge < -0.3 is 20.1 Å². The molecule has 1 aromatic rings. The second kappa shape index (κ2) is 8.20. The van der Waals surface area contributed by atoms with Gasteiger partial charge in [0.2, 0.25) is 0 Å². The Morgan fingerprint density at radius 1 is 1.43 bits per heavy atom. The first kappa shape index (κ1) is 17.6. The molecule has 0 aliphatic carbocycles. The lowest BCUT2D eigenvalue weighted by molar-refractivity contribution is 0.0430. The molecule has 23 heavy (non-hydrogen) atoms. The number of methoxy groups -OCH3 is 1. The van der Waals surface area contributed by atoms with Crippen molar-refractivity contribution in [1.29, 1.82) is 0 Å². The van der Waals surface area contributed by atoms with Gasteiger partial charge in [-0.05, 0) is 49.8 Å². The third kappa shape index (κ3) is 5.13. The van der Waals surface area contributed by atoms with Gasteiger partial charge in [-0.3, -0.25) is 0 Å². The lowest BCUT2D eigenvalue weighted by Crippen LogP contribution is -2.51. The average Bonchev–Trinajstić information content (AvgIpc) is 2.55. The Balaban J connectivity index is 1.75. The van der Waals surface area contributed by atoms with Crippen LogP contribution >= 0.6 is 0 Å². The van der Waals surface area contributed by atoms with E-state index in [9.17, 15) is 9.90 Å². The van der Waals surface area contributed by atoms with Crippen molar-refractivity contribution in [3.05, 3.63) is 29.8 Å². The van der Waals surface area contributed by atoms with Crippen molar-refractivity contribution < 1.29 is 14.6 Å². The summed E-state index contributed by atoms with van der Waals surface area (Å²) in [4.78, 5) is 14.0. The summed E-state index contributed by atoms with van der Waals surface area (Å²) < 4.78 is 5.15. The third-order valence-corrected chi connectivity index (χ3v) is 4.60. The number of carbonyl (C=O) groups excluding carboxylic acids is 1. The van der Waals surface area contributed by atoms with Crippen LogP contribution in [0.5, 0.6) is 5.75 Å². The zero-order valence-corrected chi connectivity index (χ0v) is 14.3. The summed E-state index contributed by atoms with van der Waals surface area (Å²) in [5, 5.41) is 12.9. The third-order valence-electron chi connectivity index (χ3n) is 4.60. The number of hydrogen-bond acceptors (Lipinski definition) is 3. The molecule has 0 saturated carbocycles. The van der Waals surface area contributed by atoms with E-state index < -0.39 is 6.10 Å². The van der Waals surface area contributed by atoms with E-state index in [-0.39, 0.29) is 18.0 Å². The molecule has 2 rings (SSSR count). The van der Waals surface area contributed by atoms with Gasteiger partial charge in [-0.25, -0.2) is 4.79 Å². The topological polar surface area (TPSA) is 61.8 Å². The molecule has 128 valence electrons. The number of nitrogens with one attached hydrogen (secondary N) is 1. The van der Waals surface area contributed by atoms with Crippen LogP contribution in [0.15, 0.2) is 24.3 Å². The minimum Gasteiger partial charge on any atom is -0.497 e. The fraction of sp³-hybridized carbons (Fsp3) is 0.611. The predicted molar refractivity (Wildman–Crippen MR) is 90.7 cm³/mol. The van der Waals surface area contributed by atoms with Crippen molar-refractivity contribution in [2.24, 2.45) is 5.92 Å². The Kier molecular flexibility index (Phi) is 6.28.